The van der Waals surface area contributed by atoms with Crippen LogP contribution in [0.3, 0.4) is 0 Å². The van der Waals surface area contributed by atoms with Crippen molar-refractivity contribution in [3.63, 3.8) is 0 Å². The van der Waals surface area contributed by atoms with Gasteiger partial charge in [0.05, 0.1) is 17.8 Å². The summed E-state index contributed by atoms with van der Waals surface area (Å²) in [4.78, 5) is 0. The molecule has 1 aromatic heterocycles. The summed E-state index contributed by atoms with van der Waals surface area (Å²) in [6.07, 6.45) is 3.73. The minimum absolute atomic E-state index is 0.506. The normalized spacial score (nSPS) is 10.4. The molecule has 0 unspecified atom stereocenters. The van der Waals surface area contributed by atoms with E-state index in [4.69, 9.17) is 11.6 Å². The number of hydrogen-bond donors (Lipinski definition) is 0. The van der Waals surface area contributed by atoms with Gasteiger partial charge in [0.15, 0.2) is 0 Å². The van der Waals surface area contributed by atoms with Gasteiger partial charge >= 0.3 is 0 Å². The van der Waals surface area contributed by atoms with Crippen LogP contribution in [0.1, 0.15) is 11.1 Å². The van der Waals surface area contributed by atoms with E-state index in [9.17, 15) is 0 Å². The standard InChI is InChI=1S/C11H11ClN2/c1-9-3-2-4-11(5-9)14-8-10(6-12)7-13-14/h2-5,7-8H,6H2,1H3. The fraction of sp³-hybridized carbons (Fsp3) is 0.182. The number of hydrogen-bond acceptors (Lipinski definition) is 1. The van der Waals surface area contributed by atoms with E-state index in [1.54, 1.807) is 6.20 Å². The van der Waals surface area contributed by atoms with Crippen molar-refractivity contribution in [2.24, 2.45) is 0 Å². The molecule has 0 saturated heterocycles. The summed E-state index contributed by atoms with van der Waals surface area (Å²) in [5.41, 5.74) is 3.33. The largest absolute Gasteiger partial charge is 0.241 e. The summed E-state index contributed by atoms with van der Waals surface area (Å²) in [7, 11) is 0. The molecule has 0 fully saturated rings. The van der Waals surface area contributed by atoms with Crippen LogP contribution in [-0.4, -0.2) is 9.78 Å². The number of nitrogens with zero attached hydrogens (tertiary/aromatic N) is 2. The van der Waals surface area contributed by atoms with Crippen LogP contribution in [0, 0.1) is 6.92 Å². The molecule has 1 aromatic carbocycles. The van der Waals surface area contributed by atoms with E-state index in [-0.39, 0.29) is 0 Å². The van der Waals surface area contributed by atoms with Gasteiger partial charge < -0.3 is 0 Å². The molecule has 0 spiro atoms. The zero-order valence-electron chi connectivity index (χ0n) is 7.94. The van der Waals surface area contributed by atoms with E-state index in [0.29, 0.717) is 5.88 Å². The summed E-state index contributed by atoms with van der Waals surface area (Å²) in [6, 6.07) is 8.20. The average molecular weight is 207 g/mol. The van der Waals surface area contributed by atoms with Gasteiger partial charge in [-0.15, -0.1) is 11.6 Å². The van der Waals surface area contributed by atoms with Crippen molar-refractivity contribution in [1.29, 1.82) is 0 Å². The lowest BCUT2D eigenvalue weighted by Gasteiger charge is -2.01. The first-order chi connectivity index (χ1) is 6.79. The van der Waals surface area contributed by atoms with Crippen molar-refractivity contribution in [3.8, 4) is 5.69 Å². The van der Waals surface area contributed by atoms with Crippen molar-refractivity contribution in [3.05, 3.63) is 47.8 Å². The van der Waals surface area contributed by atoms with E-state index in [1.165, 1.54) is 5.56 Å². The molecule has 2 aromatic rings. The number of benzene rings is 1. The fourth-order valence-corrected chi connectivity index (χ4v) is 1.48. The van der Waals surface area contributed by atoms with Gasteiger partial charge in [-0.3, -0.25) is 0 Å². The third kappa shape index (κ3) is 1.80. The Hall–Kier alpha value is -1.28. The molecule has 0 aliphatic heterocycles. The predicted octanol–water partition coefficient (Wildman–Crippen LogP) is 2.92. The van der Waals surface area contributed by atoms with Crippen LogP contribution >= 0.6 is 11.6 Å². The predicted molar refractivity (Wildman–Crippen MR) is 57.9 cm³/mol. The molecule has 3 heteroatoms. The van der Waals surface area contributed by atoms with Crippen molar-refractivity contribution < 1.29 is 0 Å². The number of rotatable bonds is 2. The van der Waals surface area contributed by atoms with Crippen LogP contribution in [-0.2, 0) is 5.88 Å². The molecule has 72 valence electrons. The lowest BCUT2D eigenvalue weighted by Crippen LogP contribution is -1.93. The molecular formula is C11H11ClN2. The van der Waals surface area contributed by atoms with Gasteiger partial charge in [0.1, 0.15) is 0 Å². The zero-order chi connectivity index (χ0) is 9.97. The molecule has 0 atom stereocenters. The van der Waals surface area contributed by atoms with Gasteiger partial charge in [-0.05, 0) is 24.6 Å². The fourth-order valence-electron chi connectivity index (χ4n) is 1.34. The van der Waals surface area contributed by atoms with Crippen LogP contribution in [0.2, 0.25) is 0 Å². The monoisotopic (exact) mass is 206 g/mol. The Bertz CT molecular complexity index is 434. The molecule has 2 nitrogen and oxygen atoms in total. The maximum Gasteiger partial charge on any atom is 0.0648 e. The van der Waals surface area contributed by atoms with Crippen LogP contribution in [0.25, 0.3) is 5.69 Å². The lowest BCUT2D eigenvalue weighted by molar-refractivity contribution is 0.879. The minimum atomic E-state index is 0.506. The summed E-state index contributed by atoms with van der Waals surface area (Å²) < 4.78 is 1.84. The van der Waals surface area contributed by atoms with E-state index >= 15 is 0 Å². The van der Waals surface area contributed by atoms with E-state index in [1.807, 2.05) is 23.0 Å². The second kappa shape index (κ2) is 3.84. The summed E-state index contributed by atoms with van der Waals surface area (Å²) in [6.45, 7) is 2.06. The summed E-state index contributed by atoms with van der Waals surface area (Å²) in [5, 5.41) is 4.23. The van der Waals surface area contributed by atoms with Crippen LogP contribution in [0.15, 0.2) is 36.7 Å². The smallest absolute Gasteiger partial charge is 0.0648 e. The third-order valence-corrected chi connectivity index (χ3v) is 2.37. The number of halogens is 1. The highest BCUT2D eigenvalue weighted by molar-refractivity contribution is 6.17. The molecule has 0 amide bonds. The van der Waals surface area contributed by atoms with Gasteiger partial charge in [-0.1, -0.05) is 12.1 Å². The Balaban J connectivity index is 2.39. The Morgan fingerprint density at radius 1 is 1.43 bits per heavy atom. The van der Waals surface area contributed by atoms with Crippen molar-refractivity contribution in [2.75, 3.05) is 0 Å². The van der Waals surface area contributed by atoms with Gasteiger partial charge in [-0.2, -0.15) is 5.10 Å². The first-order valence-electron chi connectivity index (χ1n) is 4.46. The molecule has 0 aliphatic rings. The van der Waals surface area contributed by atoms with Crippen molar-refractivity contribution >= 4 is 11.6 Å². The van der Waals surface area contributed by atoms with E-state index in [2.05, 4.69) is 24.2 Å². The molecule has 1 heterocycles. The number of aromatic nitrogens is 2. The Kier molecular flexibility index (Phi) is 2.55. The molecule has 0 N–H and O–H groups in total. The maximum absolute atomic E-state index is 5.71. The van der Waals surface area contributed by atoms with E-state index in [0.717, 1.165) is 11.3 Å². The quantitative estimate of drug-likeness (QED) is 0.691. The summed E-state index contributed by atoms with van der Waals surface area (Å²) >= 11 is 5.71. The highest BCUT2D eigenvalue weighted by Gasteiger charge is 1.99. The Labute approximate surface area is 88.1 Å². The second-order valence-electron chi connectivity index (χ2n) is 3.27. The molecule has 2 rings (SSSR count). The first-order valence-corrected chi connectivity index (χ1v) is 4.99. The molecule has 14 heavy (non-hydrogen) atoms. The van der Waals surface area contributed by atoms with Gasteiger partial charge in [0.2, 0.25) is 0 Å². The highest BCUT2D eigenvalue weighted by Crippen LogP contribution is 2.11. The molecular weight excluding hydrogens is 196 g/mol. The first kappa shape index (κ1) is 9.28. The van der Waals surface area contributed by atoms with Gasteiger partial charge in [0, 0.05) is 11.8 Å². The second-order valence-corrected chi connectivity index (χ2v) is 3.53. The molecule has 0 aliphatic carbocycles. The number of alkyl halides is 1. The topological polar surface area (TPSA) is 17.8 Å². The number of aryl methyl sites for hydroxylation is 1. The average Bonchev–Trinajstić information content (AvgIpc) is 2.66. The Morgan fingerprint density at radius 2 is 2.29 bits per heavy atom. The van der Waals surface area contributed by atoms with Gasteiger partial charge in [-0.25, -0.2) is 4.68 Å². The van der Waals surface area contributed by atoms with Gasteiger partial charge in [0.25, 0.3) is 0 Å². The third-order valence-electron chi connectivity index (χ3n) is 2.06. The summed E-state index contributed by atoms with van der Waals surface area (Å²) in [5.74, 6) is 0.506. The molecule has 0 saturated carbocycles. The van der Waals surface area contributed by atoms with E-state index < -0.39 is 0 Å². The molecule has 0 radical (unpaired) electrons. The molecule has 0 bridgehead atoms. The zero-order valence-corrected chi connectivity index (χ0v) is 8.70. The van der Waals surface area contributed by atoms with Crippen LogP contribution < -0.4 is 0 Å². The van der Waals surface area contributed by atoms with Crippen molar-refractivity contribution in [2.45, 2.75) is 12.8 Å². The maximum atomic E-state index is 5.71. The Morgan fingerprint density at radius 3 is 2.93 bits per heavy atom. The highest BCUT2D eigenvalue weighted by atomic mass is 35.5. The SMILES string of the molecule is Cc1cccc(-n2cc(CCl)cn2)c1. The van der Waals surface area contributed by atoms with Crippen LogP contribution in [0.5, 0.6) is 0 Å². The van der Waals surface area contributed by atoms with Crippen molar-refractivity contribution in [1.82, 2.24) is 9.78 Å². The lowest BCUT2D eigenvalue weighted by atomic mass is 10.2. The van der Waals surface area contributed by atoms with Crippen LogP contribution in [0.4, 0.5) is 0 Å². The minimum Gasteiger partial charge on any atom is -0.241 e.